The number of ether oxygens (including phenoxy) is 1. The van der Waals surface area contributed by atoms with Crippen molar-refractivity contribution in [2.24, 2.45) is 5.92 Å². The highest BCUT2D eigenvalue weighted by Gasteiger charge is 2.55. The third-order valence-corrected chi connectivity index (χ3v) is 3.31. The van der Waals surface area contributed by atoms with Crippen LogP contribution < -0.4 is 0 Å². The van der Waals surface area contributed by atoms with Gasteiger partial charge in [-0.3, -0.25) is 4.79 Å². The van der Waals surface area contributed by atoms with Crippen LogP contribution in [0.5, 0.6) is 0 Å². The van der Waals surface area contributed by atoms with E-state index in [1.165, 1.54) is 0 Å². The van der Waals surface area contributed by atoms with Gasteiger partial charge < -0.3 is 9.84 Å². The van der Waals surface area contributed by atoms with E-state index in [9.17, 15) is 36.2 Å². The molecule has 1 heterocycles. The molecule has 22 heavy (non-hydrogen) atoms. The lowest BCUT2D eigenvalue weighted by molar-refractivity contribution is -0.230. The van der Waals surface area contributed by atoms with E-state index in [1.807, 2.05) is 0 Å². The number of carbonyl (C=O) groups is 1. The van der Waals surface area contributed by atoms with Crippen molar-refractivity contribution < 1.29 is 41.0 Å². The zero-order chi connectivity index (χ0) is 16.9. The molecule has 0 fully saturated rings. The minimum atomic E-state index is -4.97. The van der Waals surface area contributed by atoms with Gasteiger partial charge in [-0.25, -0.2) is 4.98 Å². The van der Waals surface area contributed by atoms with Crippen molar-refractivity contribution >= 4 is 5.78 Å². The van der Waals surface area contributed by atoms with Gasteiger partial charge in [0.25, 0.3) is 0 Å². The number of fused-ring (bicyclic) bond motifs is 1. The molecule has 0 saturated heterocycles. The zero-order valence-electron chi connectivity index (χ0n) is 10.9. The first-order chi connectivity index (χ1) is 9.98. The number of alkyl halides is 6. The predicted octanol–water partition coefficient (Wildman–Crippen LogP) is 2.52. The predicted molar refractivity (Wildman–Crippen MR) is 58.9 cm³/mol. The fourth-order valence-corrected chi connectivity index (χ4v) is 2.35. The molecule has 1 N–H and O–H groups in total. The molecule has 0 aromatic carbocycles. The molecule has 122 valence electrons. The van der Waals surface area contributed by atoms with Crippen LogP contribution in [0.25, 0.3) is 0 Å². The average Bonchev–Trinajstić information content (AvgIpc) is 2.62. The first-order valence-corrected chi connectivity index (χ1v) is 5.88. The topological polar surface area (TPSA) is 59.4 Å². The molecular weight excluding hydrogens is 320 g/mol. The molecule has 0 spiro atoms. The number of carbonyl (C=O) groups excluding carboxylic acids is 1. The highest BCUT2D eigenvalue weighted by atomic mass is 19.4. The Labute approximate surface area is 119 Å². The summed E-state index contributed by atoms with van der Waals surface area (Å²) in [6.45, 7) is 0. The first-order valence-electron chi connectivity index (χ1n) is 5.88. The summed E-state index contributed by atoms with van der Waals surface area (Å²) < 4.78 is 80.4. The summed E-state index contributed by atoms with van der Waals surface area (Å²) in [5.41, 5.74) is -2.60. The molecule has 0 radical (unpaired) electrons. The standard InChI is InChI=1S/C12H9F6NO3/c1-22-10(12(16,17)18)6-8(20)4-2-3-5(11(13,14)15)19-7(4)9(6)21/h2-3,6,9-10,21H,1H3. The smallest absolute Gasteiger partial charge is 0.386 e. The Morgan fingerprint density at radius 2 is 1.82 bits per heavy atom. The molecule has 10 heteroatoms. The Morgan fingerprint density at radius 3 is 2.27 bits per heavy atom. The van der Waals surface area contributed by atoms with Crippen LogP contribution in [0, 0.1) is 5.92 Å². The molecule has 0 amide bonds. The number of aliphatic hydroxyl groups excluding tert-OH is 1. The lowest BCUT2D eigenvalue weighted by Gasteiger charge is -2.25. The van der Waals surface area contributed by atoms with Crippen LogP contribution in [0.2, 0.25) is 0 Å². The normalized spacial score (nSPS) is 23.5. The second kappa shape index (κ2) is 5.20. The highest BCUT2D eigenvalue weighted by Crippen LogP contribution is 2.43. The molecule has 0 bridgehead atoms. The van der Waals surface area contributed by atoms with Gasteiger partial charge in [0.1, 0.15) is 11.8 Å². The Hall–Kier alpha value is -1.68. The van der Waals surface area contributed by atoms with Crippen molar-refractivity contribution in [1.82, 2.24) is 4.98 Å². The maximum atomic E-state index is 12.8. The van der Waals surface area contributed by atoms with Gasteiger partial charge in [0.05, 0.1) is 11.6 Å². The number of aliphatic hydroxyl groups is 1. The molecule has 0 aliphatic heterocycles. The van der Waals surface area contributed by atoms with E-state index >= 15 is 0 Å². The van der Waals surface area contributed by atoms with Gasteiger partial charge in [0.2, 0.25) is 0 Å². The summed E-state index contributed by atoms with van der Waals surface area (Å²) in [6, 6.07) is 1.18. The van der Waals surface area contributed by atoms with Crippen molar-refractivity contribution in [3.8, 4) is 0 Å². The van der Waals surface area contributed by atoms with Gasteiger partial charge in [-0.05, 0) is 12.1 Å². The van der Waals surface area contributed by atoms with Crippen LogP contribution >= 0.6 is 0 Å². The number of Topliss-reactive ketones (excluding diaryl/α,β-unsaturated/α-hetero) is 1. The summed E-state index contributed by atoms with van der Waals surface area (Å²) in [5.74, 6) is -3.25. The van der Waals surface area contributed by atoms with E-state index in [0.717, 1.165) is 0 Å². The third-order valence-electron chi connectivity index (χ3n) is 3.31. The van der Waals surface area contributed by atoms with E-state index < -0.39 is 53.2 Å². The molecule has 1 aliphatic rings. The van der Waals surface area contributed by atoms with Crippen LogP contribution in [0.15, 0.2) is 12.1 Å². The highest BCUT2D eigenvalue weighted by molar-refractivity contribution is 6.02. The summed E-state index contributed by atoms with van der Waals surface area (Å²) in [4.78, 5) is 15.0. The van der Waals surface area contributed by atoms with Crippen LogP contribution in [0.3, 0.4) is 0 Å². The van der Waals surface area contributed by atoms with Crippen molar-refractivity contribution in [2.45, 2.75) is 24.6 Å². The third kappa shape index (κ3) is 2.68. The number of nitrogens with zero attached hydrogens (tertiary/aromatic N) is 1. The van der Waals surface area contributed by atoms with Crippen molar-refractivity contribution in [3.63, 3.8) is 0 Å². The van der Waals surface area contributed by atoms with Crippen molar-refractivity contribution in [3.05, 3.63) is 29.1 Å². The molecule has 1 aromatic heterocycles. The summed E-state index contributed by atoms with van der Waals surface area (Å²) >= 11 is 0. The van der Waals surface area contributed by atoms with E-state index in [-0.39, 0.29) is 0 Å². The van der Waals surface area contributed by atoms with Crippen LogP contribution in [-0.4, -0.2) is 35.3 Å². The quantitative estimate of drug-likeness (QED) is 0.847. The molecule has 0 saturated carbocycles. The maximum absolute atomic E-state index is 12.8. The summed E-state index contributed by atoms with van der Waals surface area (Å²) in [7, 11) is 0.690. The van der Waals surface area contributed by atoms with Gasteiger partial charge >= 0.3 is 12.4 Å². The van der Waals surface area contributed by atoms with Gasteiger partial charge in [-0.2, -0.15) is 26.3 Å². The van der Waals surface area contributed by atoms with E-state index in [0.29, 0.717) is 19.2 Å². The minimum absolute atomic E-state index is 0.473. The lowest BCUT2D eigenvalue weighted by Crippen LogP contribution is -2.42. The number of hydrogen-bond donors (Lipinski definition) is 1. The molecular formula is C12H9F6NO3. The summed E-state index contributed by atoms with van der Waals surface area (Å²) in [6.07, 6.45) is -14.6. The second-order valence-corrected chi connectivity index (χ2v) is 4.66. The largest absolute Gasteiger partial charge is 0.433 e. The number of pyridine rings is 1. The lowest BCUT2D eigenvalue weighted by atomic mass is 9.95. The number of ketones is 1. The number of halogens is 6. The van der Waals surface area contributed by atoms with Crippen molar-refractivity contribution in [2.75, 3.05) is 7.11 Å². The van der Waals surface area contributed by atoms with Crippen LogP contribution in [-0.2, 0) is 10.9 Å². The molecule has 1 aliphatic carbocycles. The Morgan fingerprint density at radius 1 is 1.23 bits per heavy atom. The Bertz CT molecular complexity index is 598. The van der Waals surface area contributed by atoms with E-state index in [1.54, 1.807) is 0 Å². The van der Waals surface area contributed by atoms with Crippen LogP contribution in [0.4, 0.5) is 26.3 Å². The number of aromatic nitrogens is 1. The Balaban J connectivity index is 2.47. The molecule has 1 aromatic rings. The molecule has 3 atom stereocenters. The van der Waals surface area contributed by atoms with Gasteiger partial charge in [0.15, 0.2) is 11.9 Å². The van der Waals surface area contributed by atoms with Gasteiger partial charge in [0, 0.05) is 12.7 Å². The Kier molecular flexibility index (Phi) is 3.94. The zero-order valence-corrected chi connectivity index (χ0v) is 10.9. The first kappa shape index (κ1) is 16.7. The van der Waals surface area contributed by atoms with Gasteiger partial charge in [-0.15, -0.1) is 0 Å². The fourth-order valence-electron chi connectivity index (χ4n) is 2.35. The monoisotopic (exact) mass is 329 g/mol. The maximum Gasteiger partial charge on any atom is 0.433 e. The minimum Gasteiger partial charge on any atom is -0.386 e. The summed E-state index contributed by atoms with van der Waals surface area (Å²) in [5, 5.41) is 9.84. The van der Waals surface area contributed by atoms with Gasteiger partial charge in [-0.1, -0.05) is 0 Å². The number of hydrogen-bond acceptors (Lipinski definition) is 4. The van der Waals surface area contributed by atoms with Crippen LogP contribution in [0.1, 0.15) is 27.8 Å². The SMILES string of the molecule is COC(C1C(=O)c2ccc(C(F)(F)F)nc2C1O)C(F)(F)F. The average molecular weight is 329 g/mol. The second-order valence-electron chi connectivity index (χ2n) is 4.66. The van der Waals surface area contributed by atoms with E-state index in [2.05, 4.69) is 9.72 Å². The molecule has 4 nitrogen and oxygen atoms in total. The molecule has 3 unspecified atom stereocenters. The number of rotatable bonds is 2. The number of methoxy groups -OCH3 is 1. The van der Waals surface area contributed by atoms with E-state index in [4.69, 9.17) is 0 Å². The molecule has 2 rings (SSSR count). The fraction of sp³-hybridized carbons (Fsp3) is 0.500. The van der Waals surface area contributed by atoms with Crippen molar-refractivity contribution in [1.29, 1.82) is 0 Å².